The van der Waals surface area contributed by atoms with Gasteiger partial charge in [0.25, 0.3) is 0 Å². The Kier molecular flexibility index (Phi) is 2.58. The fraction of sp³-hybridized carbons (Fsp3) is 0.545. The van der Waals surface area contributed by atoms with Gasteiger partial charge in [0.05, 0.1) is 0 Å². The zero-order valence-corrected chi connectivity index (χ0v) is 10.4. The van der Waals surface area contributed by atoms with E-state index in [2.05, 4.69) is 24.1 Å². The number of Topliss-reactive ketones (excluding diaryl/α,β-unsaturated/α-hetero) is 1. The van der Waals surface area contributed by atoms with E-state index >= 15 is 0 Å². The van der Waals surface area contributed by atoms with Gasteiger partial charge in [-0.3, -0.25) is 9.59 Å². The van der Waals surface area contributed by atoms with Crippen molar-refractivity contribution in [2.45, 2.75) is 33.6 Å². The van der Waals surface area contributed by atoms with Crippen molar-refractivity contribution in [2.24, 2.45) is 5.41 Å². The number of fused-ring (bicyclic) bond motifs is 1. The van der Waals surface area contributed by atoms with Crippen molar-refractivity contribution in [3.8, 4) is 0 Å². The number of anilines is 1. The molecule has 16 heavy (non-hydrogen) atoms. The summed E-state index contributed by atoms with van der Waals surface area (Å²) in [5.41, 5.74) is 0.553. The lowest BCUT2D eigenvalue weighted by Crippen LogP contribution is -2.26. The molecular weight excluding hydrogens is 224 g/mol. The maximum atomic E-state index is 11.8. The Morgan fingerprint density at radius 3 is 2.75 bits per heavy atom. The molecule has 86 valence electrons. The first kappa shape index (κ1) is 11.3. The van der Waals surface area contributed by atoms with Crippen molar-refractivity contribution >= 4 is 28.2 Å². The average molecular weight is 238 g/mol. The highest BCUT2D eigenvalue weighted by Gasteiger charge is 2.33. The number of thiazole rings is 1. The number of carbonyl (C=O) groups excluding carboxylic acids is 2. The first-order chi connectivity index (χ1) is 7.37. The summed E-state index contributed by atoms with van der Waals surface area (Å²) in [6.45, 7) is 5.59. The average Bonchev–Trinajstić information content (AvgIpc) is 2.43. The summed E-state index contributed by atoms with van der Waals surface area (Å²) in [6.07, 6.45) is 1.38. The molecule has 1 aromatic heterocycles. The van der Waals surface area contributed by atoms with Gasteiger partial charge < -0.3 is 5.32 Å². The molecule has 0 unspecified atom stereocenters. The van der Waals surface area contributed by atoms with Gasteiger partial charge in [-0.1, -0.05) is 13.8 Å². The molecule has 1 aromatic rings. The number of ketones is 1. The summed E-state index contributed by atoms with van der Waals surface area (Å²) in [5.74, 6) is -0.0723. The predicted molar refractivity (Wildman–Crippen MR) is 62.9 cm³/mol. The largest absolute Gasteiger partial charge is 0.302 e. The van der Waals surface area contributed by atoms with Crippen LogP contribution in [-0.4, -0.2) is 16.7 Å². The fourth-order valence-electron chi connectivity index (χ4n) is 1.91. The fourth-order valence-corrected chi connectivity index (χ4v) is 3.19. The topological polar surface area (TPSA) is 59.1 Å². The van der Waals surface area contributed by atoms with Gasteiger partial charge in [-0.15, -0.1) is 11.3 Å². The summed E-state index contributed by atoms with van der Waals surface area (Å²) in [5, 5.41) is 3.16. The molecular formula is C11H14N2O2S. The van der Waals surface area contributed by atoms with Crippen molar-refractivity contribution in [2.75, 3.05) is 5.32 Å². The SMILES string of the molecule is CC(=O)Nc1nc2c(s1)CC(C)(C)CC2=O. The molecule has 0 spiro atoms. The van der Waals surface area contributed by atoms with E-state index in [0.717, 1.165) is 11.3 Å². The Morgan fingerprint density at radius 2 is 2.12 bits per heavy atom. The van der Waals surface area contributed by atoms with Crippen LogP contribution in [0.2, 0.25) is 0 Å². The molecule has 0 saturated heterocycles. The molecule has 0 fully saturated rings. The second-order valence-corrected chi connectivity index (χ2v) is 6.00. The van der Waals surface area contributed by atoms with Gasteiger partial charge in [0, 0.05) is 18.2 Å². The van der Waals surface area contributed by atoms with Gasteiger partial charge in [-0.2, -0.15) is 0 Å². The molecule has 1 aliphatic rings. The van der Waals surface area contributed by atoms with Crippen molar-refractivity contribution in [1.82, 2.24) is 4.98 Å². The Hall–Kier alpha value is -1.23. The Bertz CT molecular complexity index is 463. The van der Waals surface area contributed by atoms with Gasteiger partial charge in [0.15, 0.2) is 10.9 Å². The lowest BCUT2D eigenvalue weighted by atomic mass is 9.78. The summed E-state index contributed by atoms with van der Waals surface area (Å²) in [4.78, 5) is 27.9. The number of rotatable bonds is 1. The van der Waals surface area contributed by atoms with E-state index in [9.17, 15) is 9.59 Å². The third-order valence-electron chi connectivity index (χ3n) is 2.52. The highest BCUT2D eigenvalue weighted by atomic mass is 32.1. The molecule has 0 aliphatic heterocycles. The molecule has 5 heteroatoms. The maximum Gasteiger partial charge on any atom is 0.223 e. The standard InChI is InChI=1S/C11H14N2O2S/c1-6(14)12-10-13-9-7(15)4-11(2,3)5-8(9)16-10/h4-5H2,1-3H3,(H,12,13,14). The van der Waals surface area contributed by atoms with Crippen molar-refractivity contribution < 1.29 is 9.59 Å². The summed E-state index contributed by atoms with van der Waals surface area (Å²) < 4.78 is 0. The molecule has 0 radical (unpaired) electrons. The Labute approximate surface area is 98.1 Å². The van der Waals surface area contributed by atoms with E-state index in [-0.39, 0.29) is 17.1 Å². The highest BCUT2D eigenvalue weighted by molar-refractivity contribution is 7.16. The van der Waals surface area contributed by atoms with E-state index in [4.69, 9.17) is 0 Å². The third-order valence-corrected chi connectivity index (χ3v) is 3.49. The zero-order valence-electron chi connectivity index (χ0n) is 9.59. The number of nitrogens with one attached hydrogen (secondary N) is 1. The molecule has 0 saturated carbocycles. The first-order valence-electron chi connectivity index (χ1n) is 5.18. The molecule has 2 rings (SSSR count). The van der Waals surface area contributed by atoms with Crippen LogP contribution in [0.1, 0.15) is 42.6 Å². The van der Waals surface area contributed by atoms with Crippen LogP contribution in [-0.2, 0) is 11.2 Å². The van der Waals surface area contributed by atoms with Crippen molar-refractivity contribution in [3.05, 3.63) is 10.6 Å². The minimum Gasteiger partial charge on any atom is -0.302 e. The number of hydrogen-bond donors (Lipinski definition) is 1. The lowest BCUT2D eigenvalue weighted by Gasteiger charge is -2.26. The number of carbonyl (C=O) groups is 2. The van der Waals surface area contributed by atoms with Crippen LogP contribution < -0.4 is 5.32 Å². The van der Waals surface area contributed by atoms with E-state index in [0.29, 0.717) is 17.2 Å². The second-order valence-electron chi connectivity index (χ2n) is 4.91. The summed E-state index contributed by atoms with van der Waals surface area (Å²) >= 11 is 1.41. The van der Waals surface area contributed by atoms with Gasteiger partial charge in [-0.25, -0.2) is 4.98 Å². The van der Waals surface area contributed by atoms with Crippen LogP contribution in [0.15, 0.2) is 0 Å². The summed E-state index contributed by atoms with van der Waals surface area (Å²) in [6, 6.07) is 0. The van der Waals surface area contributed by atoms with Gasteiger partial charge in [0.2, 0.25) is 5.91 Å². The normalized spacial score (nSPS) is 18.1. The Balaban J connectivity index is 2.34. The molecule has 0 aromatic carbocycles. The first-order valence-corrected chi connectivity index (χ1v) is 5.99. The number of aromatic nitrogens is 1. The van der Waals surface area contributed by atoms with Crippen LogP contribution in [0, 0.1) is 5.41 Å². The number of hydrogen-bond acceptors (Lipinski definition) is 4. The van der Waals surface area contributed by atoms with Crippen LogP contribution in [0.5, 0.6) is 0 Å². The zero-order chi connectivity index (χ0) is 11.9. The van der Waals surface area contributed by atoms with Crippen LogP contribution in [0.4, 0.5) is 5.13 Å². The van der Waals surface area contributed by atoms with Crippen LogP contribution >= 0.6 is 11.3 Å². The predicted octanol–water partition coefficient (Wildman–Crippen LogP) is 2.26. The molecule has 4 nitrogen and oxygen atoms in total. The minimum atomic E-state index is -0.155. The Morgan fingerprint density at radius 1 is 1.44 bits per heavy atom. The molecule has 1 aliphatic carbocycles. The van der Waals surface area contributed by atoms with E-state index in [1.807, 2.05) is 0 Å². The van der Waals surface area contributed by atoms with Gasteiger partial charge >= 0.3 is 0 Å². The molecule has 1 amide bonds. The smallest absolute Gasteiger partial charge is 0.223 e. The van der Waals surface area contributed by atoms with Crippen LogP contribution in [0.25, 0.3) is 0 Å². The van der Waals surface area contributed by atoms with Gasteiger partial charge in [-0.05, 0) is 11.8 Å². The van der Waals surface area contributed by atoms with Gasteiger partial charge in [0.1, 0.15) is 5.69 Å². The van der Waals surface area contributed by atoms with Crippen molar-refractivity contribution in [1.29, 1.82) is 0 Å². The van der Waals surface area contributed by atoms with Crippen molar-refractivity contribution in [3.63, 3.8) is 0 Å². The molecule has 0 atom stereocenters. The van der Waals surface area contributed by atoms with Crippen LogP contribution in [0.3, 0.4) is 0 Å². The second kappa shape index (κ2) is 3.66. The van der Waals surface area contributed by atoms with E-state index < -0.39 is 0 Å². The quantitative estimate of drug-likeness (QED) is 0.816. The minimum absolute atomic E-state index is 0.00408. The molecule has 1 heterocycles. The lowest BCUT2D eigenvalue weighted by molar-refractivity contribution is -0.114. The molecule has 1 N–H and O–H groups in total. The summed E-state index contributed by atoms with van der Waals surface area (Å²) in [7, 11) is 0. The monoisotopic (exact) mass is 238 g/mol. The maximum absolute atomic E-state index is 11.8. The third kappa shape index (κ3) is 2.14. The number of nitrogens with zero attached hydrogens (tertiary/aromatic N) is 1. The van der Waals surface area contributed by atoms with E-state index in [1.165, 1.54) is 18.3 Å². The molecule has 0 bridgehead atoms. The van der Waals surface area contributed by atoms with E-state index in [1.54, 1.807) is 0 Å². The highest BCUT2D eigenvalue weighted by Crippen LogP contribution is 2.38. The number of amides is 1.